The molecule has 1 aliphatic carbocycles. The lowest BCUT2D eigenvalue weighted by atomic mass is 9.65. The van der Waals surface area contributed by atoms with Crippen molar-refractivity contribution in [2.24, 2.45) is 17.3 Å². The third kappa shape index (κ3) is 2.74. The van der Waals surface area contributed by atoms with E-state index in [1.165, 1.54) is 0 Å². The molecule has 1 fully saturated rings. The monoisotopic (exact) mass is 232 g/mol. The molecule has 0 amide bonds. The van der Waals surface area contributed by atoms with E-state index in [0.717, 1.165) is 25.7 Å². The molecule has 0 spiro atoms. The van der Waals surface area contributed by atoms with Gasteiger partial charge in [0.2, 0.25) is 0 Å². The minimum absolute atomic E-state index is 0.0450. The van der Waals surface area contributed by atoms with E-state index in [9.17, 15) is 10.2 Å². The molecule has 0 saturated heterocycles. The minimum Gasteiger partial charge on any atom is -0.396 e. The summed E-state index contributed by atoms with van der Waals surface area (Å²) in [6, 6.07) is 0. The van der Waals surface area contributed by atoms with Crippen LogP contribution in [0.5, 0.6) is 0 Å². The van der Waals surface area contributed by atoms with Crippen molar-refractivity contribution in [3.05, 3.63) is 0 Å². The van der Waals surface area contributed by atoms with Gasteiger partial charge in [0.15, 0.2) is 0 Å². The molecule has 2 unspecified atom stereocenters. The average molecular weight is 232 g/mol. The number of aliphatic hydroxyl groups excluding tert-OH is 4. The van der Waals surface area contributed by atoms with Gasteiger partial charge in [0.05, 0.1) is 12.7 Å². The summed E-state index contributed by atoms with van der Waals surface area (Å²) in [6.45, 7) is 1.87. The smallest absolute Gasteiger partial charge is 0.0665 e. The minimum atomic E-state index is -0.665. The Morgan fingerprint density at radius 2 is 1.75 bits per heavy atom. The Hall–Kier alpha value is -0.160. The van der Waals surface area contributed by atoms with Crippen molar-refractivity contribution in [2.75, 3.05) is 19.8 Å². The molecule has 2 atom stereocenters. The molecule has 16 heavy (non-hydrogen) atoms. The fraction of sp³-hybridized carbons (Fsp3) is 1.00. The van der Waals surface area contributed by atoms with Crippen LogP contribution in [0.1, 0.15) is 32.6 Å². The van der Waals surface area contributed by atoms with Crippen molar-refractivity contribution in [3.8, 4) is 0 Å². The SMILES string of the molecule is CC(CO)C(O)C1(CO)CCC(CO)CC1. The van der Waals surface area contributed by atoms with Crippen LogP contribution in [0.4, 0.5) is 0 Å². The highest BCUT2D eigenvalue weighted by Crippen LogP contribution is 2.43. The molecule has 0 aromatic carbocycles. The van der Waals surface area contributed by atoms with Crippen LogP contribution in [0.15, 0.2) is 0 Å². The Kier molecular flexibility index (Phi) is 5.18. The summed E-state index contributed by atoms with van der Waals surface area (Å²) in [4.78, 5) is 0. The van der Waals surface area contributed by atoms with Crippen LogP contribution < -0.4 is 0 Å². The van der Waals surface area contributed by atoms with Crippen molar-refractivity contribution < 1.29 is 20.4 Å². The molecule has 0 radical (unpaired) electrons. The van der Waals surface area contributed by atoms with E-state index < -0.39 is 11.5 Å². The lowest BCUT2D eigenvalue weighted by molar-refractivity contribution is -0.0870. The summed E-state index contributed by atoms with van der Waals surface area (Å²) in [7, 11) is 0. The van der Waals surface area contributed by atoms with Crippen LogP contribution in [-0.4, -0.2) is 46.4 Å². The average Bonchev–Trinajstić information content (AvgIpc) is 2.37. The molecule has 1 aliphatic rings. The predicted molar refractivity (Wildman–Crippen MR) is 60.8 cm³/mol. The van der Waals surface area contributed by atoms with Gasteiger partial charge in [0.25, 0.3) is 0 Å². The summed E-state index contributed by atoms with van der Waals surface area (Å²) < 4.78 is 0. The van der Waals surface area contributed by atoms with E-state index in [2.05, 4.69) is 0 Å². The second kappa shape index (κ2) is 5.96. The first-order valence-electron chi connectivity index (χ1n) is 6.10. The summed E-state index contributed by atoms with van der Waals surface area (Å²) in [5, 5.41) is 37.8. The highest BCUT2D eigenvalue weighted by Gasteiger charge is 2.42. The molecule has 0 aromatic heterocycles. The third-order valence-corrected chi connectivity index (χ3v) is 4.13. The predicted octanol–water partition coefficient (Wildman–Crippen LogP) is 0.137. The highest BCUT2D eigenvalue weighted by molar-refractivity contribution is 4.92. The summed E-state index contributed by atoms with van der Waals surface area (Å²) in [5.41, 5.74) is -0.478. The van der Waals surface area contributed by atoms with E-state index in [0.29, 0.717) is 5.92 Å². The largest absolute Gasteiger partial charge is 0.396 e. The maximum atomic E-state index is 10.2. The van der Waals surface area contributed by atoms with Gasteiger partial charge in [-0.3, -0.25) is 0 Å². The van der Waals surface area contributed by atoms with Gasteiger partial charge >= 0.3 is 0 Å². The molecule has 0 heterocycles. The molecule has 1 saturated carbocycles. The third-order valence-electron chi connectivity index (χ3n) is 4.13. The standard InChI is InChI=1S/C12H24O4/c1-9(6-13)11(16)12(8-15)4-2-10(7-14)3-5-12/h9-11,13-16H,2-8H2,1H3. The first-order valence-corrected chi connectivity index (χ1v) is 6.10. The maximum absolute atomic E-state index is 10.2. The van der Waals surface area contributed by atoms with Crippen LogP contribution in [-0.2, 0) is 0 Å². The van der Waals surface area contributed by atoms with Gasteiger partial charge in [-0.1, -0.05) is 6.92 Å². The zero-order valence-corrected chi connectivity index (χ0v) is 9.97. The Bertz CT molecular complexity index is 199. The quantitative estimate of drug-likeness (QED) is 0.543. The van der Waals surface area contributed by atoms with Crippen molar-refractivity contribution in [2.45, 2.75) is 38.7 Å². The van der Waals surface area contributed by atoms with Gasteiger partial charge in [0, 0.05) is 24.5 Å². The van der Waals surface area contributed by atoms with E-state index in [-0.39, 0.29) is 25.7 Å². The molecule has 4 N–H and O–H groups in total. The van der Waals surface area contributed by atoms with Crippen LogP contribution in [0.2, 0.25) is 0 Å². The topological polar surface area (TPSA) is 80.9 Å². The molecule has 96 valence electrons. The van der Waals surface area contributed by atoms with E-state index in [1.54, 1.807) is 6.92 Å². The summed E-state index contributed by atoms with van der Waals surface area (Å²) >= 11 is 0. The molecule has 1 rings (SSSR count). The first-order chi connectivity index (χ1) is 7.59. The van der Waals surface area contributed by atoms with E-state index in [4.69, 9.17) is 10.2 Å². The zero-order chi connectivity index (χ0) is 12.2. The van der Waals surface area contributed by atoms with Gasteiger partial charge in [-0.15, -0.1) is 0 Å². The fourth-order valence-electron chi connectivity index (χ4n) is 2.69. The number of aliphatic hydroxyl groups is 4. The number of hydrogen-bond acceptors (Lipinski definition) is 4. The van der Waals surface area contributed by atoms with Gasteiger partial charge in [0.1, 0.15) is 0 Å². The van der Waals surface area contributed by atoms with E-state index >= 15 is 0 Å². The Labute approximate surface area is 96.9 Å². The van der Waals surface area contributed by atoms with Crippen LogP contribution >= 0.6 is 0 Å². The lowest BCUT2D eigenvalue weighted by Gasteiger charge is -2.43. The van der Waals surface area contributed by atoms with Gasteiger partial charge in [-0.25, -0.2) is 0 Å². The Balaban J connectivity index is 2.65. The molecule has 4 nitrogen and oxygen atoms in total. The highest BCUT2D eigenvalue weighted by atomic mass is 16.3. The maximum Gasteiger partial charge on any atom is 0.0665 e. The number of hydrogen-bond donors (Lipinski definition) is 4. The molecule has 0 bridgehead atoms. The van der Waals surface area contributed by atoms with Crippen LogP contribution in [0.25, 0.3) is 0 Å². The molecular formula is C12H24O4. The normalized spacial score (nSPS) is 34.7. The first kappa shape index (κ1) is 13.9. The number of rotatable bonds is 5. The van der Waals surface area contributed by atoms with Crippen molar-refractivity contribution >= 4 is 0 Å². The van der Waals surface area contributed by atoms with Crippen LogP contribution in [0, 0.1) is 17.3 Å². The van der Waals surface area contributed by atoms with Gasteiger partial charge in [-0.05, 0) is 31.6 Å². The van der Waals surface area contributed by atoms with Crippen molar-refractivity contribution in [1.29, 1.82) is 0 Å². The summed E-state index contributed by atoms with van der Waals surface area (Å²) in [6.07, 6.45) is 2.46. The summed E-state index contributed by atoms with van der Waals surface area (Å²) in [5.74, 6) is 0.0918. The molecule has 0 aromatic rings. The fourth-order valence-corrected chi connectivity index (χ4v) is 2.69. The zero-order valence-electron chi connectivity index (χ0n) is 9.97. The van der Waals surface area contributed by atoms with Crippen molar-refractivity contribution in [1.82, 2.24) is 0 Å². The van der Waals surface area contributed by atoms with Crippen molar-refractivity contribution in [3.63, 3.8) is 0 Å². The molecule has 0 aliphatic heterocycles. The molecular weight excluding hydrogens is 208 g/mol. The van der Waals surface area contributed by atoms with E-state index in [1.807, 2.05) is 0 Å². The lowest BCUT2D eigenvalue weighted by Crippen LogP contribution is -2.46. The second-order valence-corrected chi connectivity index (χ2v) is 5.25. The van der Waals surface area contributed by atoms with Crippen LogP contribution in [0.3, 0.4) is 0 Å². The van der Waals surface area contributed by atoms with Gasteiger partial charge in [-0.2, -0.15) is 0 Å². The van der Waals surface area contributed by atoms with Gasteiger partial charge < -0.3 is 20.4 Å². The Morgan fingerprint density at radius 1 is 1.19 bits per heavy atom. The Morgan fingerprint density at radius 3 is 2.12 bits per heavy atom. The second-order valence-electron chi connectivity index (χ2n) is 5.25. The molecule has 4 heteroatoms.